The first-order valence-corrected chi connectivity index (χ1v) is 24.4. The van der Waals surface area contributed by atoms with Gasteiger partial charge in [0.25, 0.3) is 0 Å². The van der Waals surface area contributed by atoms with Crippen LogP contribution in [0.3, 0.4) is 0 Å². The summed E-state index contributed by atoms with van der Waals surface area (Å²) in [5.74, 6) is -0.782. The molecule has 2 fully saturated rings. The highest BCUT2D eigenvalue weighted by atomic mass is 16.6. The monoisotopic (exact) mass is 908 g/mol. The molecule has 352 valence electrons. The summed E-state index contributed by atoms with van der Waals surface area (Å²) in [7, 11) is 0. The molecule has 2 bridgehead atoms. The van der Waals surface area contributed by atoms with Crippen molar-refractivity contribution >= 4 is 22.9 Å². The minimum atomic E-state index is -1.17. The summed E-state index contributed by atoms with van der Waals surface area (Å²) in [4.78, 5) is 43.8. The van der Waals surface area contributed by atoms with Crippen molar-refractivity contribution in [2.24, 2.45) is 11.8 Å². The Bertz CT molecular complexity index is 2640. The highest BCUT2D eigenvalue weighted by Crippen LogP contribution is 2.53. The number of esters is 2. The maximum absolute atomic E-state index is 15.1. The molecule has 5 aromatic rings. The first-order chi connectivity index (χ1) is 32.5. The van der Waals surface area contributed by atoms with Crippen molar-refractivity contribution in [1.82, 2.24) is 0 Å². The number of carbonyl (C=O) groups excluding carboxylic acids is 2. The van der Waals surface area contributed by atoms with Crippen LogP contribution in [0.2, 0.25) is 0 Å². The van der Waals surface area contributed by atoms with Crippen LogP contribution in [0.1, 0.15) is 148 Å². The molecule has 2 aliphatic carbocycles. The number of carbonyl (C=O) groups is 2. The van der Waals surface area contributed by atoms with Crippen molar-refractivity contribution in [2.45, 2.75) is 133 Å². The van der Waals surface area contributed by atoms with Gasteiger partial charge in [-0.3, -0.25) is 4.79 Å². The molecule has 67 heavy (non-hydrogen) atoms. The van der Waals surface area contributed by atoms with Crippen LogP contribution in [-0.2, 0) is 36.6 Å². The molecule has 0 saturated heterocycles. The van der Waals surface area contributed by atoms with Gasteiger partial charge in [0.2, 0.25) is 0 Å². The van der Waals surface area contributed by atoms with Gasteiger partial charge in [0.1, 0.15) is 23.7 Å². The third kappa shape index (κ3) is 9.90. The number of hydrogen-bond donors (Lipinski definition) is 2. The predicted molar refractivity (Wildman–Crippen MR) is 256 cm³/mol. The van der Waals surface area contributed by atoms with Crippen LogP contribution < -0.4 is 10.4 Å². The van der Waals surface area contributed by atoms with E-state index in [4.69, 9.17) is 23.4 Å². The zero-order valence-corrected chi connectivity index (χ0v) is 39.0. The fourth-order valence-electron chi connectivity index (χ4n) is 11.8. The molecule has 3 aliphatic heterocycles. The maximum Gasteiger partial charge on any atom is 0.339 e. The minimum absolute atomic E-state index is 0.00178. The average molecular weight is 909 g/mol. The third-order valence-electron chi connectivity index (χ3n) is 15.4. The maximum atomic E-state index is 15.1. The summed E-state index contributed by atoms with van der Waals surface area (Å²) in [6.45, 7) is 5.07. The molecular weight excluding hydrogens is 845 g/mol. The molecule has 10 nitrogen and oxygen atoms in total. The third-order valence-corrected chi connectivity index (χ3v) is 15.4. The van der Waals surface area contributed by atoms with E-state index in [2.05, 4.69) is 72.8 Å². The fourth-order valence-corrected chi connectivity index (χ4v) is 11.8. The van der Waals surface area contributed by atoms with Crippen LogP contribution in [0, 0.1) is 11.8 Å². The van der Waals surface area contributed by atoms with Crippen molar-refractivity contribution in [3.63, 3.8) is 0 Å². The summed E-state index contributed by atoms with van der Waals surface area (Å²) < 4.78 is 32.2. The van der Waals surface area contributed by atoms with Crippen LogP contribution in [0.25, 0.3) is 11.0 Å². The molecule has 2 saturated carbocycles. The van der Waals surface area contributed by atoms with E-state index in [0.29, 0.717) is 35.1 Å². The first kappa shape index (κ1) is 46.6. The van der Waals surface area contributed by atoms with Gasteiger partial charge in [-0.1, -0.05) is 97.3 Å². The zero-order valence-electron chi connectivity index (χ0n) is 39.0. The highest BCUT2D eigenvalue weighted by molar-refractivity contribution is 5.90. The first-order valence-electron chi connectivity index (χ1n) is 24.4. The van der Waals surface area contributed by atoms with Crippen molar-refractivity contribution < 1.29 is 43.2 Å². The summed E-state index contributed by atoms with van der Waals surface area (Å²) in [6.07, 6.45) is 6.38. The molecule has 10 heteroatoms. The van der Waals surface area contributed by atoms with E-state index in [0.717, 1.165) is 62.5 Å². The number of rotatable bonds is 10. The molecule has 1 aromatic heterocycles. The lowest BCUT2D eigenvalue weighted by Crippen LogP contribution is -2.58. The predicted octanol–water partition coefficient (Wildman–Crippen LogP) is 10.7. The number of aliphatic hydroxyl groups excluding tert-OH is 2. The van der Waals surface area contributed by atoms with Crippen LogP contribution >= 0.6 is 0 Å². The number of aryl methyl sites for hydroxylation is 1. The van der Waals surface area contributed by atoms with E-state index in [1.54, 1.807) is 6.07 Å². The molecule has 10 rings (SSSR count). The van der Waals surface area contributed by atoms with Crippen molar-refractivity contribution in [1.29, 1.82) is 0 Å². The second-order valence-corrected chi connectivity index (χ2v) is 19.8. The van der Waals surface area contributed by atoms with Crippen molar-refractivity contribution in [3.05, 3.63) is 158 Å². The van der Waals surface area contributed by atoms with Gasteiger partial charge in [-0.2, -0.15) is 0 Å². The molecule has 4 heterocycles. The fraction of sp³-hybridized carbons (Fsp3) is 0.456. The Morgan fingerprint density at radius 3 is 2.34 bits per heavy atom. The van der Waals surface area contributed by atoms with Crippen LogP contribution in [0.5, 0.6) is 5.75 Å². The highest BCUT2D eigenvalue weighted by Gasteiger charge is 2.57. The normalized spacial score (nSPS) is 25.1. The summed E-state index contributed by atoms with van der Waals surface area (Å²) in [5, 5.41) is 19.8. The number of benzene rings is 4. The SMILES string of the molecule is CC(C)=C1CCc2ccc(cc2)C2CCC(c3cccc(Cc4ccccc4)c3)CC2CC(=O)OC2c3c(ccc4cc(C(CCO)COCO)c(=O)oc34)OC(C)(C3CCCC3)C2OC1=O. The van der Waals surface area contributed by atoms with Crippen molar-refractivity contribution in [2.75, 3.05) is 20.0 Å². The largest absolute Gasteiger partial charge is 0.483 e. The Morgan fingerprint density at radius 1 is 0.821 bits per heavy atom. The molecule has 7 atom stereocenters. The molecule has 0 spiro atoms. The van der Waals surface area contributed by atoms with E-state index in [1.807, 2.05) is 39.0 Å². The Kier molecular flexibility index (Phi) is 14.1. The Morgan fingerprint density at radius 2 is 1.60 bits per heavy atom. The zero-order chi connectivity index (χ0) is 46.7. The van der Waals surface area contributed by atoms with E-state index in [-0.39, 0.29) is 60.9 Å². The van der Waals surface area contributed by atoms with Gasteiger partial charge >= 0.3 is 17.6 Å². The lowest BCUT2D eigenvalue weighted by molar-refractivity contribution is -0.199. The number of fused-ring (bicyclic) bond motifs is 11. The molecule has 7 unspecified atom stereocenters. The molecule has 4 aromatic carbocycles. The van der Waals surface area contributed by atoms with Crippen LogP contribution in [0.4, 0.5) is 0 Å². The summed E-state index contributed by atoms with van der Waals surface area (Å²) in [5.41, 5.74) is 6.56. The second-order valence-electron chi connectivity index (χ2n) is 19.8. The Hall–Kier alpha value is -5.55. The molecule has 0 radical (unpaired) electrons. The van der Waals surface area contributed by atoms with E-state index in [9.17, 15) is 19.8 Å². The van der Waals surface area contributed by atoms with Gasteiger partial charge in [-0.05, 0) is 142 Å². The topological polar surface area (TPSA) is 142 Å². The van der Waals surface area contributed by atoms with E-state index in [1.165, 1.54) is 22.3 Å². The summed E-state index contributed by atoms with van der Waals surface area (Å²) in [6, 6.07) is 33.5. The van der Waals surface area contributed by atoms with Gasteiger partial charge in [0.15, 0.2) is 12.2 Å². The number of allylic oxidation sites excluding steroid dienone is 1. The number of aliphatic hydroxyl groups is 2. The van der Waals surface area contributed by atoms with Gasteiger partial charge < -0.3 is 33.6 Å². The minimum Gasteiger partial charge on any atom is -0.483 e. The standard InChI is InChI=1S/C57H64O10/c1-35(2)46-23-18-36-16-19-39(20-17-36)47-24-21-41(40-13-9-12-38(29-40)28-37-10-5-4-6-11-37)30-44(47)32-50(60)64-53-51-49(67-57(3,45-14-7-8-15-45)54(53)66-55(46)61)25-22-42-31-48(56(62)65-52(42)51)43(26-27-58)33-63-34-59/h4-6,9-13,16-17,19-20,22,25,29,31,41,43-45,47,53-54,58-59H,7-8,14-15,18,21,23-24,26-28,30,32-34H2,1-3H3. The molecular formula is C57H64O10. The molecule has 2 N–H and O–H groups in total. The van der Waals surface area contributed by atoms with Gasteiger partial charge in [0.05, 0.1) is 12.2 Å². The van der Waals surface area contributed by atoms with Crippen LogP contribution in [0.15, 0.2) is 117 Å². The Labute approximate surface area is 393 Å². The van der Waals surface area contributed by atoms with Crippen LogP contribution in [-0.4, -0.2) is 53.9 Å². The Balaban J connectivity index is 1.14. The smallest absolute Gasteiger partial charge is 0.339 e. The number of hydrogen-bond acceptors (Lipinski definition) is 10. The molecule has 5 aliphatic rings. The van der Waals surface area contributed by atoms with Gasteiger partial charge in [-0.15, -0.1) is 0 Å². The van der Waals surface area contributed by atoms with Crippen molar-refractivity contribution in [3.8, 4) is 5.75 Å². The number of ether oxygens (including phenoxy) is 4. The van der Waals surface area contributed by atoms with E-state index < -0.39 is 48.1 Å². The lowest BCUT2D eigenvalue weighted by atomic mass is 9.68. The average Bonchev–Trinajstić information content (AvgIpc) is 3.88. The van der Waals surface area contributed by atoms with E-state index >= 15 is 4.79 Å². The van der Waals surface area contributed by atoms with Gasteiger partial charge in [0, 0.05) is 41.4 Å². The lowest BCUT2D eigenvalue weighted by Gasteiger charge is -2.48. The quantitative estimate of drug-likeness (QED) is 0.0602. The van der Waals surface area contributed by atoms with Gasteiger partial charge in [-0.25, -0.2) is 9.59 Å². The second kappa shape index (κ2) is 20.4. The summed E-state index contributed by atoms with van der Waals surface area (Å²) >= 11 is 0. The molecule has 0 amide bonds.